The number of hydrogen-bond acceptors (Lipinski definition) is 3. The number of ether oxygens (including phenoxy) is 1. The van der Waals surface area contributed by atoms with Gasteiger partial charge in [-0.15, -0.1) is 0 Å². The smallest absolute Gasteiger partial charge is 0.318 e. The molecule has 3 nitrogen and oxygen atoms in total. The Labute approximate surface area is 118 Å². The zero-order chi connectivity index (χ0) is 14.4. The number of rotatable bonds is 5. The van der Waals surface area contributed by atoms with Crippen LogP contribution in [0.15, 0.2) is 60.7 Å². The summed E-state index contributed by atoms with van der Waals surface area (Å²) in [6.45, 7) is 1.49. The molecule has 0 heterocycles. The van der Waals surface area contributed by atoms with Crippen LogP contribution < -0.4 is 0 Å². The van der Waals surface area contributed by atoms with E-state index in [0.717, 1.165) is 11.1 Å². The number of aliphatic hydroxyl groups excluding tert-OH is 1. The number of carbonyl (C=O) groups excluding carboxylic acids is 1. The molecule has 1 atom stereocenters. The second kappa shape index (κ2) is 6.87. The molecular weight excluding hydrogens is 252 g/mol. The zero-order valence-electron chi connectivity index (χ0n) is 11.4. The number of benzene rings is 2. The maximum atomic E-state index is 12.4. The molecule has 0 radical (unpaired) electrons. The van der Waals surface area contributed by atoms with Crippen LogP contribution >= 0.6 is 0 Å². The Balaban J connectivity index is 2.33. The van der Waals surface area contributed by atoms with Gasteiger partial charge in [-0.2, -0.15) is 0 Å². The van der Waals surface area contributed by atoms with Gasteiger partial charge >= 0.3 is 5.97 Å². The Morgan fingerprint density at radius 3 is 1.85 bits per heavy atom. The SMILES string of the molecule is CC(CO)OC(=O)C(c1ccccc1)c1ccccc1. The average molecular weight is 270 g/mol. The maximum absolute atomic E-state index is 12.4. The first-order valence-corrected chi connectivity index (χ1v) is 6.63. The van der Waals surface area contributed by atoms with Crippen LogP contribution in [0.2, 0.25) is 0 Å². The van der Waals surface area contributed by atoms with Gasteiger partial charge in [-0.05, 0) is 18.1 Å². The van der Waals surface area contributed by atoms with Crippen LogP contribution in [0.3, 0.4) is 0 Å². The summed E-state index contributed by atoms with van der Waals surface area (Å²) >= 11 is 0. The number of aliphatic hydroxyl groups is 1. The minimum Gasteiger partial charge on any atom is -0.460 e. The molecule has 2 rings (SSSR count). The van der Waals surface area contributed by atoms with Gasteiger partial charge in [0, 0.05) is 0 Å². The molecule has 0 aromatic heterocycles. The summed E-state index contributed by atoms with van der Waals surface area (Å²) in [5.41, 5.74) is 1.77. The molecule has 2 aromatic carbocycles. The van der Waals surface area contributed by atoms with Gasteiger partial charge in [-0.1, -0.05) is 60.7 Å². The normalized spacial score (nSPS) is 12.2. The van der Waals surface area contributed by atoms with E-state index in [4.69, 9.17) is 9.84 Å². The first kappa shape index (κ1) is 14.3. The topological polar surface area (TPSA) is 46.5 Å². The fourth-order valence-electron chi connectivity index (χ4n) is 2.06. The molecule has 20 heavy (non-hydrogen) atoms. The van der Waals surface area contributed by atoms with Gasteiger partial charge in [0.15, 0.2) is 0 Å². The van der Waals surface area contributed by atoms with E-state index in [2.05, 4.69) is 0 Å². The highest BCUT2D eigenvalue weighted by Crippen LogP contribution is 2.26. The van der Waals surface area contributed by atoms with E-state index in [-0.39, 0.29) is 12.6 Å². The predicted molar refractivity (Wildman–Crippen MR) is 77.4 cm³/mol. The predicted octanol–water partition coefficient (Wildman–Crippen LogP) is 2.74. The van der Waals surface area contributed by atoms with Gasteiger partial charge in [-0.3, -0.25) is 4.79 Å². The standard InChI is InChI=1S/C17H18O3/c1-13(12-18)20-17(19)16(14-8-4-2-5-9-14)15-10-6-3-7-11-15/h2-11,13,16,18H,12H2,1H3. The first-order chi connectivity index (χ1) is 9.72. The molecule has 0 spiro atoms. The van der Waals surface area contributed by atoms with Gasteiger partial charge in [0.25, 0.3) is 0 Å². The van der Waals surface area contributed by atoms with Crippen molar-refractivity contribution < 1.29 is 14.6 Å². The molecule has 0 bridgehead atoms. The Morgan fingerprint density at radius 2 is 1.45 bits per heavy atom. The van der Waals surface area contributed by atoms with Crippen molar-refractivity contribution >= 4 is 5.97 Å². The van der Waals surface area contributed by atoms with Gasteiger partial charge in [0.2, 0.25) is 0 Å². The third-order valence-electron chi connectivity index (χ3n) is 3.08. The van der Waals surface area contributed by atoms with E-state index in [9.17, 15) is 4.79 Å². The monoisotopic (exact) mass is 270 g/mol. The lowest BCUT2D eigenvalue weighted by Crippen LogP contribution is -2.24. The molecule has 0 saturated carbocycles. The minimum atomic E-state index is -0.502. The van der Waals surface area contributed by atoms with Crippen LogP contribution in [0.5, 0.6) is 0 Å². The average Bonchev–Trinajstić information content (AvgIpc) is 2.49. The van der Waals surface area contributed by atoms with Gasteiger partial charge in [-0.25, -0.2) is 0 Å². The van der Waals surface area contributed by atoms with Crippen LogP contribution in [0.4, 0.5) is 0 Å². The second-order valence-corrected chi connectivity index (χ2v) is 4.68. The molecular formula is C17H18O3. The summed E-state index contributed by atoms with van der Waals surface area (Å²) < 4.78 is 5.28. The molecule has 3 heteroatoms. The number of esters is 1. The van der Waals surface area contributed by atoms with Crippen LogP contribution in [0.1, 0.15) is 24.0 Å². The van der Waals surface area contributed by atoms with E-state index < -0.39 is 12.0 Å². The summed E-state index contributed by atoms with van der Waals surface area (Å²) in [7, 11) is 0. The molecule has 1 unspecified atom stereocenters. The first-order valence-electron chi connectivity index (χ1n) is 6.63. The Bertz CT molecular complexity index is 497. The molecule has 0 saturated heterocycles. The summed E-state index contributed by atoms with van der Waals surface area (Å²) in [6, 6.07) is 19.0. The Morgan fingerprint density at radius 1 is 1.00 bits per heavy atom. The third kappa shape index (κ3) is 3.45. The summed E-state index contributed by atoms with van der Waals surface area (Å²) in [5.74, 6) is -0.810. The highest BCUT2D eigenvalue weighted by molar-refractivity contribution is 5.82. The quantitative estimate of drug-likeness (QED) is 0.850. The minimum absolute atomic E-state index is 0.179. The number of hydrogen-bond donors (Lipinski definition) is 1. The van der Waals surface area contributed by atoms with Crippen molar-refractivity contribution in [1.29, 1.82) is 0 Å². The van der Waals surface area contributed by atoms with E-state index >= 15 is 0 Å². The van der Waals surface area contributed by atoms with Crippen LogP contribution in [0.25, 0.3) is 0 Å². The van der Waals surface area contributed by atoms with Crippen molar-refractivity contribution in [3.05, 3.63) is 71.8 Å². The highest BCUT2D eigenvalue weighted by atomic mass is 16.6. The third-order valence-corrected chi connectivity index (χ3v) is 3.08. The van der Waals surface area contributed by atoms with Crippen molar-refractivity contribution in [2.75, 3.05) is 6.61 Å². The zero-order valence-corrected chi connectivity index (χ0v) is 11.4. The fourth-order valence-corrected chi connectivity index (χ4v) is 2.06. The molecule has 104 valence electrons. The van der Waals surface area contributed by atoms with Gasteiger partial charge in [0.1, 0.15) is 12.0 Å². The summed E-state index contributed by atoms with van der Waals surface area (Å²) in [6.07, 6.45) is -0.502. The van der Waals surface area contributed by atoms with E-state index in [1.165, 1.54) is 0 Å². The fraction of sp³-hybridized carbons (Fsp3) is 0.235. The van der Waals surface area contributed by atoms with E-state index in [1.807, 2.05) is 60.7 Å². The van der Waals surface area contributed by atoms with Crippen LogP contribution in [0, 0.1) is 0 Å². The van der Waals surface area contributed by atoms with Gasteiger partial charge in [0.05, 0.1) is 6.61 Å². The second-order valence-electron chi connectivity index (χ2n) is 4.68. The van der Waals surface area contributed by atoms with Crippen LogP contribution in [-0.4, -0.2) is 23.8 Å². The summed E-state index contributed by atoms with van der Waals surface area (Å²) in [5, 5.41) is 9.03. The molecule has 0 fully saturated rings. The van der Waals surface area contributed by atoms with Crippen molar-refractivity contribution in [2.24, 2.45) is 0 Å². The van der Waals surface area contributed by atoms with Crippen LogP contribution in [-0.2, 0) is 9.53 Å². The number of carbonyl (C=O) groups is 1. The van der Waals surface area contributed by atoms with E-state index in [0.29, 0.717) is 0 Å². The molecule has 2 aromatic rings. The lowest BCUT2D eigenvalue weighted by molar-refractivity contribution is -0.150. The molecule has 1 N–H and O–H groups in total. The lowest BCUT2D eigenvalue weighted by atomic mass is 9.91. The van der Waals surface area contributed by atoms with Crippen molar-refractivity contribution in [2.45, 2.75) is 18.9 Å². The van der Waals surface area contributed by atoms with Crippen molar-refractivity contribution in [1.82, 2.24) is 0 Å². The highest BCUT2D eigenvalue weighted by Gasteiger charge is 2.25. The van der Waals surface area contributed by atoms with Crippen molar-refractivity contribution in [3.8, 4) is 0 Å². The Kier molecular flexibility index (Phi) is 4.91. The van der Waals surface area contributed by atoms with Gasteiger partial charge < -0.3 is 9.84 Å². The lowest BCUT2D eigenvalue weighted by Gasteiger charge is -2.19. The van der Waals surface area contributed by atoms with Crippen molar-refractivity contribution in [3.63, 3.8) is 0 Å². The molecule has 0 aliphatic heterocycles. The maximum Gasteiger partial charge on any atom is 0.318 e. The van der Waals surface area contributed by atoms with E-state index in [1.54, 1.807) is 6.92 Å². The Hall–Kier alpha value is -2.13. The largest absolute Gasteiger partial charge is 0.460 e. The summed E-state index contributed by atoms with van der Waals surface area (Å²) in [4.78, 5) is 12.4. The molecule has 0 amide bonds. The molecule has 0 aliphatic rings. The molecule has 0 aliphatic carbocycles.